The van der Waals surface area contributed by atoms with Crippen molar-refractivity contribution in [3.8, 4) is 11.1 Å². The number of allylic oxidation sites excluding steroid dienone is 1. The van der Waals surface area contributed by atoms with Gasteiger partial charge in [0.1, 0.15) is 11.4 Å². The third kappa shape index (κ3) is 6.33. The second-order valence-electron chi connectivity index (χ2n) is 10.2. The molecule has 2 fully saturated rings. The third-order valence-electron chi connectivity index (χ3n) is 7.40. The summed E-state index contributed by atoms with van der Waals surface area (Å²) in [6.45, 7) is 8.70. The quantitative estimate of drug-likeness (QED) is 0.141. The Labute approximate surface area is 220 Å². The number of carbonyl (C=O) groups excluding carboxylic acids is 1. The van der Waals surface area contributed by atoms with Gasteiger partial charge in [-0.25, -0.2) is 4.99 Å². The molecule has 2 unspecified atom stereocenters. The number of hydrogen-bond donors (Lipinski definition) is 1. The van der Waals surface area contributed by atoms with Gasteiger partial charge in [-0.2, -0.15) is 0 Å². The molecule has 0 radical (unpaired) electrons. The van der Waals surface area contributed by atoms with Gasteiger partial charge in [0.15, 0.2) is 11.5 Å². The molecule has 0 amide bonds. The number of hydrogen-bond acceptors (Lipinski definition) is 5. The molecule has 0 saturated heterocycles. The molecule has 6 heteroatoms. The van der Waals surface area contributed by atoms with Crippen molar-refractivity contribution in [2.75, 3.05) is 6.26 Å². The summed E-state index contributed by atoms with van der Waals surface area (Å²) < 4.78 is 0. The van der Waals surface area contributed by atoms with Crippen LogP contribution in [-0.4, -0.2) is 17.7 Å². The SMILES string of the molecule is CC.CSC(N)=N/C(C=O)=C\c1cccc(-c2ccc(N=O)c(C34CC(C)CC(CC(C)C3)C4)c2)c1. The van der Waals surface area contributed by atoms with E-state index in [-0.39, 0.29) is 11.1 Å². The molecule has 2 aliphatic rings. The maximum atomic E-state index is 11.8. The Hall–Kier alpha value is -2.73. The van der Waals surface area contributed by atoms with Crippen LogP contribution in [-0.2, 0) is 10.2 Å². The summed E-state index contributed by atoms with van der Waals surface area (Å²) in [5.41, 5.74) is 10.7. The largest absolute Gasteiger partial charge is 0.378 e. The molecule has 36 heavy (non-hydrogen) atoms. The molecular formula is C30H39N3O2S. The van der Waals surface area contributed by atoms with Gasteiger partial charge in [0.05, 0.1) is 0 Å². The number of aliphatic imine (C=N–C) groups is 1. The van der Waals surface area contributed by atoms with E-state index in [4.69, 9.17) is 5.73 Å². The molecule has 0 aliphatic heterocycles. The Balaban J connectivity index is 0.00000176. The van der Waals surface area contributed by atoms with Gasteiger partial charge in [-0.1, -0.05) is 63.7 Å². The third-order valence-corrected chi connectivity index (χ3v) is 7.91. The van der Waals surface area contributed by atoms with E-state index >= 15 is 0 Å². The minimum absolute atomic E-state index is 0.0194. The lowest BCUT2D eigenvalue weighted by atomic mass is 9.54. The normalized spacial score (nSPS) is 26.0. The van der Waals surface area contributed by atoms with Gasteiger partial charge in [-0.3, -0.25) is 4.79 Å². The summed E-state index contributed by atoms with van der Waals surface area (Å²) in [6.07, 6.45) is 10.2. The van der Waals surface area contributed by atoms with Crippen LogP contribution in [0, 0.1) is 22.7 Å². The minimum Gasteiger partial charge on any atom is -0.378 e. The van der Waals surface area contributed by atoms with Gasteiger partial charge in [-0.15, -0.1) is 4.91 Å². The zero-order valence-electron chi connectivity index (χ0n) is 22.2. The molecule has 0 heterocycles. The lowest BCUT2D eigenvalue weighted by Gasteiger charge is -2.50. The van der Waals surface area contributed by atoms with E-state index < -0.39 is 0 Å². The van der Waals surface area contributed by atoms with Gasteiger partial charge in [-0.05, 0) is 113 Å². The van der Waals surface area contributed by atoms with E-state index in [1.165, 1.54) is 24.6 Å². The highest BCUT2D eigenvalue weighted by Crippen LogP contribution is 2.56. The van der Waals surface area contributed by atoms with Crippen LogP contribution in [0.4, 0.5) is 5.69 Å². The number of nitroso groups, excluding NO2 is 1. The molecule has 4 rings (SSSR count). The van der Waals surface area contributed by atoms with Crippen LogP contribution in [0.1, 0.15) is 70.9 Å². The van der Waals surface area contributed by atoms with E-state index in [9.17, 15) is 9.70 Å². The second kappa shape index (κ2) is 12.5. The lowest BCUT2D eigenvalue weighted by molar-refractivity contribution is -0.104. The number of rotatable bonds is 6. The predicted molar refractivity (Wildman–Crippen MR) is 154 cm³/mol. The summed E-state index contributed by atoms with van der Waals surface area (Å²) in [6, 6.07) is 14.0. The molecule has 192 valence electrons. The zero-order chi connectivity index (χ0) is 26.3. The predicted octanol–water partition coefficient (Wildman–Crippen LogP) is 8.10. The average molecular weight is 506 g/mol. The number of nitrogens with zero attached hydrogens (tertiary/aromatic N) is 2. The van der Waals surface area contributed by atoms with E-state index in [0.717, 1.165) is 47.4 Å². The molecule has 0 aromatic heterocycles. The van der Waals surface area contributed by atoms with Gasteiger partial charge in [0, 0.05) is 0 Å². The molecule has 2 aromatic rings. The molecule has 2 aromatic carbocycles. The number of nitrogens with two attached hydrogens (primary N) is 1. The van der Waals surface area contributed by atoms with Gasteiger partial charge < -0.3 is 5.73 Å². The van der Waals surface area contributed by atoms with Crippen LogP contribution in [0.15, 0.2) is 58.3 Å². The number of aldehydes is 1. The van der Waals surface area contributed by atoms with Gasteiger partial charge >= 0.3 is 0 Å². The average Bonchev–Trinajstić information content (AvgIpc) is 2.88. The fourth-order valence-electron chi connectivity index (χ4n) is 6.50. The number of benzene rings is 2. The molecule has 2 aliphatic carbocycles. The van der Waals surface area contributed by atoms with E-state index in [0.29, 0.717) is 29.0 Å². The Morgan fingerprint density at radius 3 is 2.31 bits per heavy atom. The Kier molecular flexibility index (Phi) is 9.66. The van der Waals surface area contributed by atoms with Crippen molar-refractivity contribution in [3.63, 3.8) is 0 Å². The first-order valence-electron chi connectivity index (χ1n) is 13.0. The van der Waals surface area contributed by atoms with Crippen LogP contribution >= 0.6 is 11.8 Å². The second-order valence-corrected chi connectivity index (χ2v) is 11.1. The monoisotopic (exact) mass is 505 g/mol. The smallest absolute Gasteiger partial charge is 0.168 e. The minimum atomic E-state index is 0.0194. The van der Waals surface area contributed by atoms with Gasteiger partial charge in [0.2, 0.25) is 0 Å². The molecule has 0 spiro atoms. The van der Waals surface area contributed by atoms with Crippen molar-refractivity contribution in [3.05, 3.63) is 64.2 Å². The topological polar surface area (TPSA) is 84.9 Å². The molecule has 2 saturated carbocycles. The van der Waals surface area contributed by atoms with Crippen molar-refractivity contribution >= 4 is 35.0 Å². The van der Waals surface area contributed by atoms with Crippen molar-refractivity contribution < 1.29 is 4.79 Å². The number of amidine groups is 1. The van der Waals surface area contributed by atoms with Crippen LogP contribution in [0.5, 0.6) is 0 Å². The first kappa shape index (κ1) is 27.9. The summed E-state index contributed by atoms with van der Waals surface area (Å²) in [5.74, 6) is 2.03. The van der Waals surface area contributed by atoms with Crippen molar-refractivity contribution in [2.24, 2.45) is 33.7 Å². The molecule has 2 atom stereocenters. The number of carbonyl (C=O) groups is 1. The summed E-state index contributed by atoms with van der Waals surface area (Å²) in [4.78, 5) is 27.5. The highest BCUT2D eigenvalue weighted by Gasteiger charge is 2.46. The summed E-state index contributed by atoms with van der Waals surface area (Å²) in [5, 5.41) is 3.79. The van der Waals surface area contributed by atoms with Crippen LogP contribution in [0.2, 0.25) is 0 Å². The molecule has 2 bridgehead atoms. The van der Waals surface area contributed by atoms with Gasteiger partial charge in [0.25, 0.3) is 0 Å². The van der Waals surface area contributed by atoms with E-state index in [1.807, 2.05) is 50.4 Å². The van der Waals surface area contributed by atoms with E-state index in [2.05, 4.69) is 36.1 Å². The number of fused-ring (bicyclic) bond motifs is 2. The first-order valence-corrected chi connectivity index (χ1v) is 14.2. The maximum absolute atomic E-state index is 11.8. The highest BCUT2D eigenvalue weighted by molar-refractivity contribution is 8.13. The van der Waals surface area contributed by atoms with Crippen LogP contribution in [0.25, 0.3) is 17.2 Å². The fraction of sp³-hybridized carbons (Fsp3) is 0.467. The molecular weight excluding hydrogens is 466 g/mol. The Bertz CT molecular complexity index is 1120. The number of thioether (sulfide) groups is 1. The summed E-state index contributed by atoms with van der Waals surface area (Å²) >= 11 is 1.30. The van der Waals surface area contributed by atoms with Crippen LogP contribution < -0.4 is 5.73 Å². The fourth-order valence-corrected chi connectivity index (χ4v) is 6.70. The summed E-state index contributed by atoms with van der Waals surface area (Å²) in [7, 11) is 0. The van der Waals surface area contributed by atoms with Crippen LogP contribution in [0.3, 0.4) is 0 Å². The first-order chi connectivity index (χ1) is 17.4. The van der Waals surface area contributed by atoms with Crippen molar-refractivity contribution in [1.82, 2.24) is 0 Å². The Morgan fingerprint density at radius 1 is 1.03 bits per heavy atom. The lowest BCUT2D eigenvalue weighted by Crippen LogP contribution is -2.42. The van der Waals surface area contributed by atoms with Crippen molar-refractivity contribution in [1.29, 1.82) is 0 Å². The Morgan fingerprint density at radius 2 is 1.69 bits per heavy atom. The van der Waals surface area contributed by atoms with Crippen molar-refractivity contribution in [2.45, 2.75) is 65.2 Å². The zero-order valence-corrected chi connectivity index (χ0v) is 23.0. The van der Waals surface area contributed by atoms with E-state index in [1.54, 1.807) is 6.08 Å². The highest BCUT2D eigenvalue weighted by atomic mass is 32.2. The maximum Gasteiger partial charge on any atom is 0.168 e. The molecule has 5 nitrogen and oxygen atoms in total. The standard InChI is InChI=1S/C28H33N3O2S.C2H6/c1-18-9-21-10-19(2)15-28(14-18,16-21)25-13-23(7-8-26(25)31-33)22-6-4-5-20(11-22)12-24(17-32)30-27(29)34-3;1-2/h4-8,11-13,17-19,21H,9-10,14-16H2,1-3H3,(H2,29,30);1-2H3/b24-12-;. The molecule has 2 N–H and O–H groups in total.